The van der Waals surface area contributed by atoms with Gasteiger partial charge in [-0.1, -0.05) is 19.9 Å². The summed E-state index contributed by atoms with van der Waals surface area (Å²) in [6.07, 6.45) is 4.00. The summed E-state index contributed by atoms with van der Waals surface area (Å²) < 4.78 is 0. The van der Waals surface area contributed by atoms with E-state index in [0.717, 1.165) is 12.8 Å². The first-order valence-electron chi connectivity index (χ1n) is 4.80. The third kappa shape index (κ3) is 8.68. The maximum atomic E-state index is 8.36. The van der Waals surface area contributed by atoms with E-state index in [-0.39, 0.29) is 12.9 Å². The summed E-state index contributed by atoms with van der Waals surface area (Å²) in [5.74, 6) is 0. The highest BCUT2D eigenvalue weighted by atomic mass is 16.3. The fourth-order valence-electron chi connectivity index (χ4n) is 1.11. The Hall–Kier alpha value is -1.91. The lowest BCUT2D eigenvalue weighted by Crippen LogP contribution is -1.92. The number of hydrogen-bond donors (Lipinski definition) is 2. The van der Waals surface area contributed by atoms with E-state index >= 15 is 0 Å². The van der Waals surface area contributed by atoms with Gasteiger partial charge in [0.25, 0.3) is 12.9 Å². The Morgan fingerprint density at radius 2 is 1.69 bits per heavy atom. The molecule has 1 aromatic rings. The van der Waals surface area contributed by atoms with Crippen LogP contribution in [0.1, 0.15) is 25.1 Å². The Labute approximate surface area is 94.8 Å². The van der Waals surface area contributed by atoms with Crippen molar-refractivity contribution in [2.75, 3.05) is 0 Å². The van der Waals surface area contributed by atoms with E-state index in [9.17, 15) is 0 Å². The highest BCUT2D eigenvalue weighted by Gasteiger charge is 1.95. The number of hydrogen-bond acceptors (Lipinski definition) is 3. The van der Waals surface area contributed by atoms with Gasteiger partial charge in [0.05, 0.1) is 0 Å². The zero-order chi connectivity index (χ0) is 12.8. The highest BCUT2D eigenvalue weighted by Crippen LogP contribution is 2.05. The van der Waals surface area contributed by atoms with Crippen molar-refractivity contribution in [3.8, 4) is 0 Å². The molecule has 5 heteroatoms. The molecule has 1 rings (SSSR count). The predicted octanol–water partition coefficient (Wildman–Crippen LogP) is 1.61. The van der Waals surface area contributed by atoms with Crippen LogP contribution >= 0.6 is 0 Å². The Morgan fingerprint density at radius 1 is 1.19 bits per heavy atom. The predicted molar refractivity (Wildman–Crippen MR) is 60.4 cm³/mol. The maximum absolute atomic E-state index is 8.36. The second kappa shape index (κ2) is 13.1. The zero-order valence-corrected chi connectivity index (χ0v) is 9.46. The van der Waals surface area contributed by atoms with E-state index in [2.05, 4.69) is 24.9 Å². The van der Waals surface area contributed by atoms with Crippen molar-refractivity contribution in [3.05, 3.63) is 29.6 Å². The molecule has 2 N–H and O–H groups in total. The SMILES string of the molecule is CCc1cccnc1CC.O=CO.O=CO. The molecule has 0 radical (unpaired) electrons. The van der Waals surface area contributed by atoms with Crippen LogP contribution in [0.4, 0.5) is 0 Å². The van der Waals surface area contributed by atoms with Crippen LogP contribution in [0, 0.1) is 0 Å². The molecule has 0 atom stereocenters. The molecule has 90 valence electrons. The molecule has 0 bridgehead atoms. The Morgan fingerprint density at radius 3 is 2.00 bits per heavy atom. The second-order valence-corrected chi connectivity index (χ2v) is 2.53. The summed E-state index contributed by atoms with van der Waals surface area (Å²) in [4.78, 5) is 21.0. The van der Waals surface area contributed by atoms with Gasteiger partial charge in [0.15, 0.2) is 0 Å². The fraction of sp³-hybridized carbons (Fsp3) is 0.364. The second-order valence-electron chi connectivity index (χ2n) is 2.53. The number of aromatic nitrogens is 1. The van der Waals surface area contributed by atoms with Crippen LogP contribution in [0.15, 0.2) is 18.3 Å². The quantitative estimate of drug-likeness (QED) is 0.749. The molecular formula is C11H17NO4. The first-order valence-corrected chi connectivity index (χ1v) is 4.80. The lowest BCUT2D eigenvalue weighted by Gasteiger charge is -2.01. The summed E-state index contributed by atoms with van der Waals surface area (Å²) in [7, 11) is 0. The van der Waals surface area contributed by atoms with Crippen LogP contribution in [0.2, 0.25) is 0 Å². The maximum Gasteiger partial charge on any atom is 0.290 e. The molecule has 0 saturated carbocycles. The van der Waals surface area contributed by atoms with Gasteiger partial charge in [-0.2, -0.15) is 0 Å². The molecular weight excluding hydrogens is 210 g/mol. The monoisotopic (exact) mass is 227 g/mol. The molecule has 0 unspecified atom stereocenters. The first kappa shape index (κ1) is 16.5. The lowest BCUT2D eigenvalue weighted by molar-refractivity contribution is -0.123. The molecule has 1 heterocycles. The van der Waals surface area contributed by atoms with Crippen molar-refractivity contribution >= 4 is 12.9 Å². The summed E-state index contributed by atoms with van der Waals surface area (Å²) in [5, 5.41) is 13.8. The number of carbonyl (C=O) groups is 2. The molecule has 0 aliphatic heterocycles. The van der Waals surface area contributed by atoms with Gasteiger partial charge in [-0.25, -0.2) is 0 Å². The van der Waals surface area contributed by atoms with E-state index in [1.54, 1.807) is 0 Å². The highest BCUT2D eigenvalue weighted by molar-refractivity contribution is 5.33. The molecule has 0 aliphatic carbocycles. The molecule has 0 aliphatic rings. The van der Waals surface area contributed by atoms with E-state index in [4.69, 9.17) is 19.8 Å². The van der Waals surface area contributed by atoms with Crippen LogP contribution < -0.4 is 0 Å². The summed E-state index contributed by atoms with van der Waals surface area (Å²) in [6, 6.07) is 4.14. The Kier molecular flexibility index (Phi) is 13.5. The van der Waals surface area contributed by atoms with Crippen molar-refractivity contribution in [3.63, 3.8) is 0 Å². The van der Waals surface area contributed by atoms with Gasteiger partial charge < -0.3 is 10.2 Å². The zero-order valence-electron chi connectivity index (χ0n) is 9.46. The lowest BCUT2D eigenvalue weighted by atomic mass is 10.1. The van der Waals surface area contributed by atoms with Gasteiger partial charge in [0, 0.05) is 11.9 Å². The summed E-state index contributed by atoms with van der Waals surface area (Å²) in [5.41, 5.74) is 2.62. The van der Waals surface area contributed by atoms with Crippen LogP contribution in [-0.4, -0.2) is 28.1 Å². The van der Waals surface area contributed by atoms with Crippen LogP contribution in [0.25, 0.3) is 0 Å². The largest absolute Gasteiger partial charge is 0.483 e. The number of carboxylic acid groups (broad SMARTS) is 2. The van der Waals surface area contributed by atoms with Crippen molar-refractivity contribution < 1.29 is 19.8 Å². The van der Waals surface area contributed by atoms with Crippen molar-refractivity contribution in [2.45, 2.75) is 26.7 Å². The van der Waals surface area contributed by atoms with Crippen molar-refractivity contribution in [1.29, 1.82) is 0 Å². The van der Waals surface area contributed by atoms with Crippen LogP contribution in [0.3, 0.4) is 0 Å². The van der Waals surface area contributed by atoms with Crippen molar-refractivity contribution in [1.82, 2.24) is 4.98 Å². The number of nitrogens with zero attached hydrogens (tertiary/aromatic N) is 1. The average molecular weight is 227 g/mol. The van der Waals surface area contributed by atoms with Gasteiger partial charge in [-0.15, -0.1) is 0 Å². The standard InChI is InChI=1S/C9H13N.2CH2O2/c1-3-8-6-5-7-10-9(8)4-2;2*2-1-3/h5-7H,3-4H2,1-2H3;2*1H,(H,2,3). The Balaban J connectivity index is 0. The molecule has 16 heavy (non-hydrogen) atoms. The third-order valence-electron chi connectivity index (χ3n) is 1.70. The number of aryl methyl sites for hydroxylation is 2. The molecule has 5 nitrogen and oxygen atoms in total. The molecule has 0 spiro atoms. The first-order chi connectivity index (χ1) is 7.71. The summed E-state index contributed by atoms with van der Waals surface area (Å²) in [6.45, 7) is 3.80. The van der Waals surface area contributed by atoms with E-state index in [0.29, 0.717) is 0 Å². The minimum atomic E-state index is -0.250. The topological polar surface area (TPSA) is 87.5 Å². The average Bonchev–Trinajstić information content (AvgIpc) is 2.31. The van der Waals surface area contributed by atoms with E-state index < -0.39 is 0 Å². The van der Waals surface area contributed by atoms with Gasteiger partial charge >= 0.3 is 0 Å². The van der Waals surface area contributed by atoms with E-state index in [1.807, 2.05) is 12.3 Å². The Bertz CT molecular complexity index is 260. The summed E-state index contributed by atoms with van der Waals surface area (Å²) >= 11 is 0. The fourth-order valence-corrected chi connectivity index (χ4v) is 1.11. The minimum absolute atomic E-state index is 0.250. The van der Waals surface area contributed by atoms with Gasteiger partial charge in [0.1, 0.15) is 0 Å². The van der Waals surface area contributed by atoms with Gasteiger partial charge in [0.2, 0.25) is 0 Å². The third-order valence-corrected chi connectivity index (χ3v) is 1.70. The smallest absolute Gasteiger partial charge is 0.290 e. The molecule has 0 aromatic carbocycles. The van der Waals surface area contributed by atoms with Crippen LogP contribution in [0.5, 0.6) is 0 Å². The molecule has 0 fully saturated rings. The minimum Gasteiger partial charge on any atom is -0.483 e. The van der Waals surface area contributed by atoms with Gasteiger partial charge in [-0.3, -0.25) is 14.6 Å². The van der Waals surface area contributed by atoms with Gasteiger partial charge in [-0.05, 0) is 24.5 Å². The van der Waals surface area contributed by atoms with Crippen molar-refractivity contribution in [2.24, 2.45) is 0 Å². The normalized spacial score (nSPS) is 7.62. The molecule has 1 aromatic heterocycles. The molecule has 0 saturated heterocycles. The molecule has 0 amide bonds. The van der Waals surface area contributed by atoms with Crippen LogP contribution in [-0.2, 0) is 22.4 Å². The number of pyridine rings is 1. The van der Waals surface area contributed by atoms with E-state index in [1.165, 1.54) is 11.3 Å². The number of rotatable bonds is 2.